The van der Waals surface area contributed by atoms with Crippen LogP contribution in [0.1, 0.15) is 119 Å². The minimum absolute atomic E-state index is 0.222. The van der Waals surface area contributed by atoms with Crippen LogP contribution < -0.4 is 5.11 Å². The van der Waals surface area contributed by atoms with E-state index in [1.165, 1.54) is 104 Å². The van der Waals surface area contributed by atoms with Crippen LogP contribution >= 0.6 is 0 Å². The Morgan fingerprint density at radius 1 is 0.625 bits per heavy atom. The van der Waals surface area contributed by atoms with Crippen molar-refractivity contribution < 1.29 is 9.84 Å². The van der Waals surface area contributed by atoms with E-state index < -0.39 is 36.8 Å². The van der Waals surface area contributed by atoms with Crippen LogP contribution in [0.2, 0.25) is 30.6 Å². The fourth-order valence-electron chi connectivity index (χ4n) is 6.34. The van der Waals surface area contributed by atoms with Gasteiger partial charge in [-0.3, -0.25) is 0 Å². The van der Waals surface area contributed by atoms with Crippen LogP contribution in [-0.4, -0.2) is 43.4 Å². The van der Waals surface area contributed by atoms with E-state index >= 15 is 0 Å². The van der Waals surface area contributed by atoms with Gasteiger partial charge in [-0.25, -0.2) is 0 Å². The Balaban J connectivity index is 3.52. The van der Waals surface area contributed by atoms with Gasteiger partial charge >= 0.3 is 212 Å². The summed E-state index contributed by atoms with van der Waals surface area (Å²) in [4.78, 5) is 0. The quantitative estimate of drug-likeness (QED) is 0.122. The molecule has 0 N–H and O–H groups in total. The van der Waals surface area contributed by atoms with Gasteiger partial charge in [-0.15, -0.1) is 0 Å². The molecule has 1 aliphatic rings. The van der Waals surface area contributed by atoms with Gasteiger partial charge in [-0.05, 0) is 0 Å². The predicted octanol–water partition coefficient (Wildman–Crippen LogP) is 9.20. The molecule has 1 heterocycles. The molecule has 0 saturated carbocycles. The van der Waals surface area contributed by atoms with Crippen LogP contribution in [-0.2, 0) is 4.74 Å². The second kappa shape index (κ2) is 17.4. The van der Waals surface area contributed by atoms with E-state index in [-0.39, 0.29) is 5.95 Å². The summed E-state index contributed by atoms with van der Waals surface area (Å²) in [6, 6.07) is 0. The Bertz CT molecular complexity index is 474. The van der Waals surface area contributed by atoms with Crippen molar-refractivity contribution in [3.05, 3.63) is 9.53 Å². The van der Waals surface area contributed by atoms with Crippen molar-refractivity contribution in [2.24, 2.45) is 0 Å². The van der Waals surface area contributed by atoms with E-state index in [2.05, 4.69) is 41.5 Å². The first-order valence-corrected chi connectivity index (χ1v) is 29.7. The van der Waals surface area contributed by atoms with Crippen LogP contribution in [0.3, 0.4) is 0 Å². The van der Waals surface area contributed by atoms with Crippen molar-refractivity contribution in [2.45, 2.75) is 149 Å². The summed E-state index contributed by atoms with van der Waals surface area (Å²) in [7, 11) is 0. The van der Waals surface area contributed by atoms with Crippen molar-refractivity contribution in [1.82, 2.24) is 0 Å². The molecular formula is C28H57O2Sn2-. The summed E-state index contributed by atoms with van der Waals surface area (Å²) < 4.78 is 17.1. The van der Waals surface area contributed by atoms with Crippen LogP contribution in [0, 0.1) is 0 Å². The summed E-state index contributed by atoms with van der Waals surface area (Å²) in [5.74, 6) is 0.222. The van der Waals surface area contributed by atoms with Gasteiger partial charge in [0.25, 0.3) is 0 Å². The van der Waals surface area contributed by atoms with Crippen molar-refractivity contribution >= 4 is 36.8 Å². The summed E-state index contributed by atoms with van der Waals surface area (Å²) in [5.41, 5.74) is 0. The van der Waals surface area contributed by atoms with Gasteiger partial charge in [0.15, 0.2) is 0 Å². The van der Waals surface area contributed by atoms with E-state index in [1.807, 2.05) is 0 Å². The van der Waals surface area contributed by atoms with Gasteiger partial charge < -0.3 is 0 Å². The van der Waals surface area contributed by atoms with Crippen molar-refractivity contribution in [3.63, 3.8) is 0 Å². The fourth-order valence-corrected chi connectivity index (χ4v) is 52.6. The fraction of sp³-hybridized carbons (Fsp3) is 0.929. The summed E-state index contributed by atoms with van der Waals surface area (Å²) in [6.45, 7) is 14.9. The molecular weight excluding hydrogens is 606 g/mol. The second-order valence-corrected chi connectivity index (χ2v) is 38.0. The Kier molecular flexibility index (Phi) is 16.8. The first kappa shape index (κ1) is 31.0. The molecule has 2 nitrogen and oxygen atoms in total. The van der Waals surface area contributed by atoms with E-state index in [9.17, 15) is 5.11 Å². The molecule has 1 aliphatic heterocycles. The van der Waals surface area contributed by atoms with Crippen LogP contribution in [0.4, 0.5) is 0 Å². The molecule has 1 unspecified atom stereocenters. The Labute approximate surface area is 210 Å². The first-order chi connectivity index (χ1) is 15.5. The van der Waals surface area contributed by atoms with E-state index in [0.717, 1.165) is 6.61 Å². The normalized spacial score (nSPS) is 17.2. The van der Waals surface area contributed by atoms with Crippen molar-refractivity contribution in [1.29, 1.82) is 0 Å². The molecule has 4 heteroatoms. The monoisotopic (exact) mass is 665 g/mol. The maximum atomic E-state index is 13.6. The number of ether oxygens (including phenoxy) is 1. The van der Waals surface area contributed by atoms with E-state index in [4.69, 9.17) is 4.74 Å². The zero-order valence-corrected chi connectivity index (χ0v) is 28.5. The van der Waals surface area contributed by atoms with Crippen LogP contribution in [0.5, 0.6) is 0 Å². The molecule has 1 rings (SSSR count). The minimum atomic E-state index is -2.76. The average Bonchev–Trinajstić information content (AvgIpc) is 3.21. The zero-order chi connectivity index (χ0) is 23.9. The van der Waals surface area contributed by atoms with Gasteiger partial charge in [-0.2, -0.15) is 0 Å². The van der Waals surface area contributed by atoms with E-state index in [0.29, 0.717) is 3.93 Å². The summed E-state index contributed by atoms with van der Waals surface area (Å²) in [6.07, 6.45) is 16.0. The zero-order valence-electron chi connectivity index (χ0n) is 22.8. The average molecular weight is 663 g/mol. The molecule has 32 heavy (non-hydrogen) atoms. The molecule has 0 aromatic heterocycles. The second-order valence-electron chi connectivity index (χ2n) is 10.8. The van der Waals surface area contributed by atoms with Gasteiger partial charge in [-0.1, -0.05) is 0 Å². The Morgan fingerprint density at radius 2 is 0.969 bits per heavy atom. The molecule has 0 bridgehead atoms. The predicted molar refractivity (Wildman–Crippen MR) is 147 cm³/mol. The first-order valence-electron chi connectivity index (χ1n) is 14.5. The Hall–Kier alpha value is 0.937. The van der Waals surface area contributed by atoms with Crippen LogP contribution in [0.25, 0.3) is 0 Å². The number of unbranched alkanes of at least 4 members (excludes halogenated alkanes) is 6. The number of rotatable bonds is 20. The van der Waals surface area contributed by atoms with E-state index in [1.54, 1.807) is 3.59 Å². The third-order valence-corrected chi connectivity index (χ3v) is 43.9. The molecule has 0 saturated heterocycles. The molecule has 1 atom stereocenters. The summed E-state index contributed by atoms with van der Waals surface area (Å²) >= 11 is -5.31. The van der Waals surface area contributed by atoms with Crippen molar-refractivity contribution in [3.8, 4) is 0 Å². The maximum absolute atomic E-state index is 13.6. The van der Waals surface area contributed by atoms with Crippen LogP contribution in [0.15, 0.2) is 9.53 Å². The van der Waals surface area contributed by atoms with Crippen molar-refractivity contribution in [2.75, 3.05) is 6.61 Å². The third kappa shape index (κ3) is 8.86. The summed E-state index contributed by atoms with van der Waals surface area (Å²) in [5, 5.41) is 13.6. The molecule has 0 aromatic rings. The van der Waals surface area contributed by atoms with Gasteiger partial charge in [0.1, 0.15) is 0 Å². The molecule has 0 fully saturated rings. The van der Waals surface area contributed by atoms with Gasteiger partial charge in [0, 0.05) is 0 Å². The van der Waals surface area contributed by atoms with Gasteiger partial charge in [0.05, 0.1) is 0 Å². The number of hydrogen-bond acceptors (Lipinski definition) is 2. The molecule has 0 amide bonds. The molecule has 0 aromatic carbocycles. The SMILES string of the molecule is CCC[CH2][Sn]([CH2]CCC)([CH2]CCC)[C]1=C([O-])OC[CH]1[Sn]([CH2]CCC)([CH2]CCC)[CH2]CCC. The molecule has 0 aliphatic carbocycles. The molecule has 0 spiro atoms. The third-order valence-electron chi connectivity index (χ3n) is 8.37. The number of hydrogen-bond donors (Lipinski definition) is 0. The molecule has 190 valence electrons. The standard InChI is InChI=1S/C4H4O2.6C4H9.2Sn/c5-4-2-1-3-6-4;6*1-3-4-2;;/h1,5H,3H2;6*1,3-4H2,2H3;;/p-1. The van der Waals surface area contributed by atoms with Gasteiger partial charge in [0.2, 0.25) is 0 Å². The topological polar surface area (TPSA) is 32.3 Å². The Morgan fingerprint density at radius 3 is 1.31 bits per heavy atom. The molecule has 0 radical (unpaired) electrons.